The second-order valence-corrected chi connectivity index (χ2v) is 7.73. The van der Waals surface area contributed by atoms with E-state index in [1.807, 2.05) is 0 Å². The molecule has 21 heavy (non-hydrogen) atoms. The molecular formula is C19H30N2. The van der Waals surface area contributed by atoms with Gasteiger partial charge in [0.1, 0.15) is 0 Å². The first kappa shape index (κ1) is 15.1. The number of hydrogen-bond acceptors (Lipinski definition) is 2. The van der Waals surface area contributed by atoms with Crippen LogP contribution in [-0.2, 0) is 13.0 Å². The Kier molecular flexibility index (Phi) is 4.66. The molecule has 1 heterocycles. The lowest BCUT2D eigenvalue weighted by atomic mass is 9.84. The summed E-state index contributed by atoms with van der Waals surface area (Å²) in [6, 6.07) is 9.85. The van der Waals surface area contributed by atoms with Crippen LogP contribution in [0.25, 0.3) is 0 Å². The summed E-state index contributed by atoms with van der Waals surface area (Å²) in [4.78, 5) is 2.65. The molecule has 1 N–H and O–H groups in total. The van der Waals surface area contributed by atoms with Gasteiger partial charge in [0.15, 0.2) is 0 Å². The summed E-state index contributed by atoms with van der Waals surface area (Å²) >= 11 is 0. The van der Waals surface area contributed by atoms with Crippen molar-refractivity contribution in [3.8, 4) is 0 Å². The van der Waals surface area contributed by atoms with E-state index >= 15 is 0 Å². The topological polar surface area (TPSA) is 15.3 Å². The Labute approximate surface area is 129 Å². The van der Waals surface area contributed by atoms with Crippen molar-refractivity contribution >= 4 is 0 Å². The van der Waals surface area contributed by atoms with Gasteiger partial charge in [0.2, 0.25) is 0 Å². The third kappa shape index (κ3) is 4.55. The van der Waals surface area contributed by atoms with E-state index < -0.39 is 0 Å². The summed E-state index contributed by atoms with van der Waals surface area (Å²) in [6.45, 7) is 9.57. The minimum Gasteiger partial charge on any atom is -0.314 e. The molecule has 2 nitrogen and oxygen atoms in total. The summed E-state index contributed by atoms with van der Waals surface area (Å²) in [5.74, 6) is 0. The van der Waals surface area contributed by atoms with Crippen molar-refractivity contribution in [2.45, 2.75) is 58.5 Å². The Balaban J connectivity index is 1.58. The van der Waals surface area contributed by atoms with Crippen LogP contribution in [0.3, 0.4) is 0 Å². The van der Waals surface area contributed by atoms with E-state index in [0.29, 0.717) is 5.41 Å². The number of hydrogen-bond donors (Lipinski definition) is 1. The molecule has 1 saturated heterocycles. The van der Waals surface area contributed by atoms with E-state index in [4.69, 9.17) is 0 Å². The van der Waals surface area contributed by atoms with Gasteiger partial charge in [-0.15, -0.1) is 0 Å². The first-order valence-electron chi connectivity index (χ1n) is 8.65. The molecule has 0 spiro atoms. The minimum atomic E-state index is 0.487. The molecule has 1 aromatic carbocycles. The van der Waals surface area contributed by atoms with Crippen LogP contribution in [0.5, 0.6) is 0 Å². The zero-order valence-corrected chi connectivity index (χ0v) is 13.7. The van der Waals surface area contributed by atoms with E-state index in [1.165, 1.54) is 56.3 Å². The normalized spacial score (nSPS) is 22.4. The molecule has 2 aliphatic rings. The monoisotopic (exact) mass is 286 g/mol. The lowest BCUT2D eigenvalue weighted by Gasteiger charge is -2.38. The van der Waals surface area contributed by atoms with E-state index in [-0.39, 0.29) is 0 Å². The molecule has 0 atom stereocenters. The van der Waals surface area contributed by atoms with Gasteiger partial charge >= 0.3 is 0 Å². The molecule has 2 fully saturated rings. The number of nitrogens with zero attached hydrogens (tertiary/aromatic N) is 1. The van der Waals surface area contributed by atoms with E-state index in [2.05, 4.69) is 48.3 Å². The summed E-state index contributed by atoms with van der Waals surface area (Å²) in [5.41, 5.74) is 3.56. The summed E-state index contributed by atoms with van der Waals surface area (Å²) in [7, 11) is 0. The molecule has 1 aliphatic carbocycles. The van der Waals surface area contributed by atoms with Gasteiger partial charge in [-0.2, -0.15) is 0 Å². The van der Waals surface area contributed by atoms with Crippen LogP contribution in [-0.4, -0.2) is 30.6 Å². The fourth-order valence-corrected chi connectivity index (χ4v) is 3.57. The highest BCUT2D eigenvalue weighted by atomic mass is 15.1. The predicted octanol–water partition coefficient (Wildman–Crippen LogP) is 3.60. The van der Waals surface area contributed by atoms with E-state index in [1.54, 1.807) is 0 Å². The predicted molar refractivity (Wildman–Crippen MR) is 89.5 cm³/mol. The average Bonchev–Trinajstić information content (AvgIpc) is 3.24. The summed E-state index contributed by atoms with van der Waals surface area (Å²) in [5, 5.41) is 3.64. The molecule has 1 saturated carbocycles. The maximum absolute atomic E-state index is 3.64. The van der Waals surface area contributed by atoms with Gasteiger partial charge in [0.25, 0.3) is 0 Å². The van der Waals surface area contributed by atoms with Crippen LogP contribution in [0.2, 0.25) is 0 Å². The highest BCUT2D eigenvalue weighted by Crippen LogP contribution is 2.29. The number of piperidine rings is 1. The Hall–Kier alpha value is -0.860. The van der Waals surface area contributed by atoms with Crippen molar-refractivity contribution in [2.24, 2.45) is 5.41 Å². The lowest BCUT2D eigenvalue weighted by molar-refractivity contribution is 0.111. The lowest BCUT2D eigenvalue weighted by Crippen LogP contribution is -2.39. The zero-order valence-electron chi connectivity index (χ0n) is 13.7. The number of rotatable bonds is 6. The standard InChI is InChI=1S/C19H30N2/c1-19(2)11-5-13-21(15-19)14-17-7-4-3-6-16(17)10-12-20-18-8-9-18/h3-4,6-7,18,20H,5,8-15H2,1-2H3. The molecule has 0 aromatic heterocycles. The second kappa shape index (κ2) is 6.50. The van der Waals surface area contributed by atoms with Crippen molar-refractivity contribution in [1.29, 1.82) is 0 Å². The molecule has 0 bridgehead atoms. The van der Waals surface area contributed by atoms with Gasteiger partial charge in [-0.25, -0.2) is 0 Å². The highest BCUT2D eigenvalue weighted by Gasteiger charge is 2.26. The number of benzene rings is 1. The number of nitrogens with one attached hydrogen (secondary N) is 1. The summed E-state index contributed by atoms with van der Waals surface area (Å²) in [6.07, 6.45) is 6.65. The first-order valence-corrected chi connectivity index (χ1v) is 8.65. The third-order valence-electron chi connectivity index (χ3n) is 4.90. The van der Waals surface area contributed by atoms with Gasteiger partial charge in [0, 0.05) is 19.1 Å². The first-order chi connectivity index (χ1) is 10.1. The highest BCUT2D eigenvalue weighted by molar-refractivity contribution is 5.27. The van der Waals surface area contributed by atoms with Crippen molar-refractivity contribution in [1.82, 2.24) is 10.2 Å². The van der Waals surface area contributed by atoms with Gasteiger partial charge < -0.3 is 5.32 Å². The quantitative estimate of drug-likeness (QED) is 0.859. The van der Waals surface area contributed by atoms with Crippen molar-refractivity contribution in [3.05, 3.63) is 35.4 Å². The molecule has 2 heteroatoms. The van der Waals surface area contributed by atoms with Gasteiger partial charge in [0.05, 0.1) is 0 Å². The van der Waals surface area contributed by atoms with Crippen LogP contribution in [0, 0.1) is 5.41 Å². The van der Waals surface area contributed by atoms with Crippen molar-refractivity contribution < 1.29 is 0 Å². The largest absolute Gasteiger partial charge is 0.314 e. The van der Waals surface area contributed by atoms with Gasteiger partial charge in [-0.3, -0.25) is 4.90 Å². The maximum atomic E-state index is 3.64. The van der Waals surface area contributed by atoms with Gasteiger partial charge in [-0.1, -0.05) is 38.1 Å². The third-order valence-corrected chi connectivity index (χ3v) is 4.90. The molecule has 0 radical (unpaired) electrons. The molecule has 3 rings (SSSR count). The molecular weight excluding hydrogens is 256 g/mol. The molecule has 1 aromatic rings. The Morgan fingerprint density at radius 2 is 1.95 bits per heavy atom. The van der Waals surface area contributed by atoms with E-state index in [9.17, 15) is 0 Å². The average molecular weight is 286 g/mol. The van der Waals surface area contributed by atoms with Crippen LogP contribution in [0.1, 0.15) is 50.7 Å². The zero-order chi connectivity index (χ0) is 14.7. The fourth-order valence-electron chi connectivity index (χ4n) is 3.57. The molecule has 1 aliphatic heterocycles. The second-order valence-electron chi connectivity index (χ2n) is 7.73. The Bertz CT molecular complexity index is 462. The van der Waals surface area contributed by atoms with Crippen LogP contribution in [0.15, 0.2) is 24.3 Å². The van der Waals surface area contributed by atoms with Crippen LogP contribution < -0.4 is 5.32 Å². The molecule has 116 valence electrons. The smallest absolute Gasteiger partial charge is 0.0236 e. The summed E-state index contributed by atoms with van der Waals surface area (Å²) < 4.78 is 0. The minimum absolute atomic E-state index is 0.487. The molecule has 0 amide bonds. The van der Waals surface area contributed by atoms with E-state index in [0.717, 1.165) is 19.1 Å². The fraction of sp³-hybridized carbons (Fsp3) is 0.684. The molecule has 0 unspecified atom stereocenters. The van der Waals surface area contributed by atoms with Crippen LogP contribution >= 0.6 is 0 Å². The van der Waals surface area contributed by atoms with Gasteiger partial charge in [-0.05, 0) is 61.7 Å². The Morgan fingerprint density at radius 1 is 1.19 bits per heavy atom. The number of likely N-dealkylation sites (tertiary alicyclic amines) is 1. The van der Waals surface area contributed by atoms with Crippen molar-refractivity contribution in [3.63, 3.8) is 0 Å². The Morgan fingerprint density at radius 3 is 2.67 bits per heavy atom. The van der Waals surface area contributed by atoms with Crippen LogP contribution in [0.4, 0.5) is 0 Å². The van der Waals surface area contributed by atoms with Crippen molar-refractivity contribution in [2.75, 3.05) is 19.6 Å². The SMILES string of the molecule is CC1(C)CCCN(Cc2ccccc2CCNC2CC2)C1. The maximum Gasteiger partial charge on any atom is 0.0236 e.